The number of cyclic esters (lactones) is 1. The summed E-state index contributed by atoms with van der Waals surface area (Å²) in [4.78, 5) is 11.4. The predicted molar refractivity (Wildman–Crippen MR) is 75.4 cm³/mol. The summed E-state index contributed by atoms with van der Waals surface area (Å²) in [5, 5.41) is 0. The summed E-state index contributed by atoms with van der Waals surface area (Å²) in [6.45, 7) is 2.84. The molecule has 0 aliphatic carbocycles. The average molecular weight is 252 g/mol. The molecule has 0 amide bonds. The van der Waals surface area contributed by atoms with Crippen molar-refractivity contribution in [2.45, 2.75) is 71.1 Å². The summed E-state index contributed by atoms with van der Waals surface area (Å²) in [6, 6.07) is 0. The van der Waals surface area contributed by atoms with Crippen molar-refractivity contribution in [2.75, 3.05) is 6.61 Å². The first-order valence-electron chi connectivity index (χ1n) is 7.59. The quantitative estimate of drug-likeness (QED) is 0.464. The van der Waals surface area contributed by atoms with Crippen molar-refractivity contribution in [1.82, 2.24) is 0 Å². The molecular formula is C16H28O2. The van der Waals surface area contributed by atoms with E-state index in [2.05, 4.69) is 19.1 Å². The van der Waals surface area contributed by atoms with E-state index in [0.717, 1.165) is 25.7 Å². The maximum Gasteiger partial charge on any atom is 0.305 e. The molecule has 2 nitrogen and oxygen atoms in total. The van der Waals surface area contributed by atoms with Crippen LogP contribution in [0.25, 0.3) is 0 Å². The highest BCUT2D eigenvalue weighted by atomic mass is 16.5. The van der Waals surface area contributed by atoms with E-state index >= 15 is 0 Å². The fourth-order valence-electron chi connectivity index (χ4n) is 2.27. The maximum absolute atomic E-state index is 11.4. The second-order valence-corrected chi connectivity index (χ2v) is 5.47. The zero-order valence-corrected chi connectivity index (χ0v) is 11.8. The molecule has 18 heavy (non-hydrogen) atoms. The van der Waals surface area contributed by atoms with Crippen molar-refractivity contribution in [3.8, 4) is 0 Å². The lowest BCUT2D eigenvalue weighted by molar-refractivity contribution is -0.144. The second-order valence-electron chi connectivity index (χ2n) is 5.47. The molecule has 1 aliphatic heterocycles. The van der Waals surface area contributed by atoms with Crippen molar-refractivity contribution in [3.05, 3.63) is 12.2 Å². The zero-order valence-electron chi connectivity index (χ0n) is 11.8. The fourth-order valence-corrected chi connectivity index (χ4v) is 2.27. The number of hydrogen-bond acceptors (Lipinski definition) is 2. The van der Waals surface area contributed by atoms with Gasteiger partial charge in [-0.15, -0.1) is 0 Å². The van der Waals surface area contributed by atoms with E-state index in [9.17, 15) is 4.79 Å². The number of esters is 1. The Bertz CT molecular complexity index is 245. The molecule has 1 unspecified atom stereocenters. The van der Waals surface area contributed by atoms with Crippen LogP contribution < -0.4 is 0 Å². The van der Waals surface area contributed by atoms with Gasteiger partial charge >= 0.3 is 5.97 Å². The van der Waals surface area contributed by atoms with Gasteiger partial charge < -0.3 is 4.74 Å². The molecule has 0 radical (unpaired) electrons. The van der Waals surface area contributed by atoms with E-state index in [1.165, 1.54) is 32.1 Å². The van der Waals surface area contributed by atoms with Gasteiger partial charge in [-0.2, -0.15) is 0 Å². The highest BCUT2D eigenvalue weighted by Crippen LogP contribution is 2.13. The topological polar surface area (TPSA) is 26.3 Å². The molecule has 1 rings (SSSR count). The van der Waals surface area contributed by atoms with Crippen LogP contribution >= 0.6 is 0 Å². The van der Waals surface area contributed by atoms with Crippen LogP contribution in [-0.4, -0.2) is 12.6 Å². The van der Waals surface area contributed by atoms with Crippen LogP contribution in [-0.2, 0) is 9.53 Å². The summed E-state index contributed by atoms with van der Waals surface area (Å²) >= 11 is 0. The van der Waals surface area contributed by atoms with E-state index < -0.39 is 0 Å². The summed E-state index contributed by atoms with van der Waals surface area (Å²) in [5.74, 6) is 0.643. The van der Waals surface area contributed by atoms with Crippen molar-refractivity contribution in [1.29, 1.82) is 0 Å². The minimum absolute atomic E-state index is 0.00538. The number of carbonyl (C=O) groups is 1. The molecule has 0 saturated carbocycles. The first kappa shape index (κ1) is 15.3. The molecule has 0 N–H and O–H groups in total. The molecule has 104 valence electrons. The largest absolute Gasteiger partial charge is 0.466 e. The highest BCUT2D eigenvalue weighted by molar-refractivity contribution is 5.69. The molecule has 0 fully saturated rings. The van der Waals surface area contributed by atoms with Gasteiger partial charge in [0.25, 0.3) is 0 Å². The smallest absolute Gasteiger partial charge is 0.305 e. The molecule has 0 bridgehead atoms. The molecule has 0 aromatic rings. The van der Waals surface area contributed by atoms with Crippen LogP contribution in [0.4, 0.5) is 0 Å². The highest BCUT2D eigenvalue weighted by Gasteiger charge is 2.05. The summed E-state index contributed by atoms with van der Waals surface area (Å²) in [5.41, 5.74) is 0. The average Bonchev–Trinajstić information content (AvgIpc) is 2.34. The van der Waals surface area contributed by atoms with E-state index in [1.54, 1.807) is 0 Å². The van der Waals surface area contributed by atoms with Crippen molar-refractivity contribution in [3.63, 3.8) is 0 Å². The maximum atomic E-state index is 11.4. The first-order chi connectivity index (χ1) is 8.79. The minimum Gasteiger partial charge on any atom is -0.466 e. The molecule has 0 aromatic carbocycles. The molecule has 2 heteroatoms. The van der Waals surface area contributed by atoms with E-state index in [4.69, 9.17) is 4.74 Å². The molecular weight excluding hydrogens is 224 g/mol. The molecule has 0 saturated heterocycles. The third-order valence-electron chi connectivity index (χ3n) is 3.62. The lowest BCUT2D eigenvalue weighted by Crippen LogP contribution is -2.08. The lowest BCUT2D eigenvalue weighted by Gasteiger charge is -2.10. The number of allylic oxidation sites excluding steroid dienone is 2. The lowest BCUT2D eigenvalue weighted by atomic mass is 10.0. The monoisotopic (exact) mass is 252 g/mol. The van der Waals surface area contributed by atoms with Gasteiger partial charge in [0.1, 0.15) is 0 Å². The number of carbonyl (C=O) groups excluding carboxylic acids is 1. The van der Waals surface area contributed by atoms with Crippen LogP contribution in [0.2, 0.25) is 0 Å². The van der Waals surface area contributed by atoms with Crippen molar-refractivity contribution >= 4 is 5.97 Å². The number of ether oxygens (including phenoxy) is 1. The van der Waals surface area contributed by atoms with Gasteiger partial charge in [0.05, 0.1) is 6.61 Å². The van der Waals surface area contributed by atoms with Gasteiger partial charge in [-0.25, -0.2) is 0 Å². The Hall–Kier alpha value is -0.790. The van der Waals surface area contributed by atoms with E-state index in [-0.39, 0.29) is 5.97 Å². The van der Waals surface area contributed by atoms with Crippen LogP contribution in [0.15, 0.2) is 12.2 Å². The Morgan fingerprint density at radius 2 is 1.72 bits per heavy atom. The summed E-state index contributed by atoms with van der Waals surface area (Å²) in [6.07, 6.45) is 15.8. The van der Waals surface area contributed by atoms with Gasteiger partial charge in [0.15, 0.2) is 0 Å². The van der Waals surface area contributed by atoms with Crippen LogP contribution in [0, 0.1) is 5.92 Å². The van der Waals surface area contributed by atoms with Crippen LogP contribution in [0.3, 0.4) is 0 Å². The van der Waals surface area contributed by atoms with E-state index in [0.29, 0.717) is 18.9 Å². The van der Waals surface area contributed by atoms with Gasteiger partial charge in [-0.3, -0.25) is 4.79 Å². The predicted octanol–water partition coefficient (Wildman–Crippen LogP) is 4.64. The minimum atomic E-state index is -0.00538. The fraction of sp³-hybridized carbons (Fsp3) is 0.812. The van der Waals surface area contributed by atoms with Crippen molar-refractivity contribution < 1.29 is 9.53 Å². The summed E-state index contributed by atoms with van der Waals surface area (Å²) < 4.78 is 5.26. The van der Waals surface area contributed by atoms with Gasteiger partial charge in [-0.05, 0) is 44.4 Å². The van der Waals surface area contributed by atoms with Crippen LogP contribution in [0.5, 0.6) is 0 Å². The third-order valence-corrected chi connectivity index (χ3v) is 3.62. The Labute approximate surface area is 112 Å². The second kappa shape index (κ2) is 10.2. The normalized spacial score (nSPS) is 25.6. The molecule has 1 aliphatic rings. The molecule has 1 heterocycles. The Kier molecular flexibility index (Phi) is 8.62. The van der Waals surface area contributed by atoms with Crippen LogP contribution in [0.1, 0.15) is 71.1 Å². The Morgan fingerprint density at radius 1 is 1.00 bits per heavy atom. The van der Waals surface area contributed by atoms with Gasteiger partial charge in [0, 0.05) is 6.42 Å². The van der Waals surface area contributed by atoms with Crippen molar-refractivity contribution in [2.24, 2.45) is 5.92 Å². The Balaban J connectivity index is 2.27. The number of rotatable bonds is 0. The zero-order chi connectivity index (χ0) is 13.1. The molecule has 0 aromatic heterocycles. The van der Waals surface area contributed by atoms with E-state index in [1.807, 2.05) is 0 Å². The third kappa shape index (κ3) is 8.32. The molecule has 0 spiro atoms. The van der Waals surface area contributed by atoms with Gasteiger partial charge in [0.2, 0.25) is 0 Å². The first-order valence-corrected chi connectivity index (χ1v) is 7.59. The number of hydrogen-bond donors (Lipinski definition) is 0. The Morgan fingerprint density at radius 3 is 2.61 bits per heavy atom. The SMILES string of the molecule is CC1CCC=CCCCCCCCC(=O)OCC1. The summed E-state index contributed by atoms with van der Waals surface area (Å²) in [7, 11) is 0. The van der Waals surface area contributed by atoms with Gasteiger partial charge in [-0.1, -0.05) is 38.3 Å². The standard InChI is InChI=1S/C16H28O2/c1-15-11-9-7-5-3-2-4-6-8-10-12-16(17)18-14-13-15/h5,7,15H,2-4,6,8-14H2,1H3. The molecule has 1 atom stereocenters.